The lowest BCUT2D eigenvalue weighted by Crippen LogP contribution is -2.39. The van der Waals surface area contributed by atoms with Gasteiger partial charge in [-0.25, -0.2) is 0 Å². The summed E-state index contributed by atoms with van der Waals surface area (Å²) in [5, 5.41) is 0. The minimum absolute atomic E-state index is 0.0228. The molecule has 0 radical (unpaired) electrons. The number of nitrogens with zero attached hydrogens (tertiary/aromatic N) is 1. The molecule has 5 heteroatoms. The second kappa shape index (κ2) is 7.06. The van der Waals surface area contributed by atoms with E-state index in [2.05, 4.69) is 24.0 Å². The van der Waals surface area contributed by atoms with Gasteiger partial charge in [0.1, 0.15) is 17.6 Å². The van der Waals surface area contributed by atoms with E-state index >= 15 is 0 Å². The van der Waals surface area contributed by atoms with Crippen molar-refractivity contribution in [3.63, 3.8) is 0 Å². The van der Waals surface area contributed by atoms with Crippen LogP contribution in [0.15, 0.2) is 24.3 Å². The maximum Gasteiger partial charge on any atom is 0.209 e. The van der Waals surface area contributed by atoms with Crippen molar-refractivity contribution in [2.45, 2.75) is 46.3 Å². The third kappa shape index (κ3) is 3.18. The second-order valence-corrected chi connectivity index (χ2v) is 8.45. The number of Topliss-reactive ketones (excluding diaryl/α,β-unsaturated/α-hetero) is 1. The number of carbonyl (C=O) groups excluding carboxylic acids is 1. The molecule has 5 nitrogen and oxygen atoms in total. The molecular formula is C24H29NO4. The van der Waals surface area contributed by atoms with Gasteiger partial charge in [0.2, 0.25) is 5.78 Å². The smallest absolute Gasteiger partial charge is 0.209 e. The molecule has 0 bridgehead atoms. The van der Waals surface area contributed by atoms with Crippen molar-refractivity contribution in [2.24, 2.45) is 0 Å². The molecule has 0 aromatic heterocycles. The van der Waals surface area contributed by atoms with Crippen LogP contribution in [0.2, 0.25) is 0 Å². The summed E-state index contributed by atoms with van der Waals surface area (Å²) in [6.45, 7) is 12.1. The highest BCUT2D eigenvalue weighted by Gasteiger charge is 2.43. The fourth-order valence-electron chi connectivity index (χ4n) is 4.46. The van der Waals surface area contributed by atoms with Crippen LogP contribution in [-0.4, -0.2) is 38.2 Å². The van der Waals surface area contributed by atoms with Crippen molar-refractivity contribution in [2.75, 3.05) is 31.7 Å². The van der Waals surface area contributed by atoms with Gasteiger partial charge in [-0.1, -0.05) is 12.1 Å². The fourth-order valence-corrected chi connectivity index (χ4v) is 4.46. The molecule has 154 valence electrons. The number of fused-ring (bicyclic) bond motifs is 1. The predicted octanol–water partition coefficient (Wildman–Crippen LogP) is 4.55. The van der Waals surface area contributed by atoms with Crippen LogP contribution in [0.1, 0.15) is 52.6 Å². The predicted molar refractivity (Wildman–Crippen MR) is 114 cm³/mol. The van der Waals surface area contributed by atoms with E-state index in [4.69, 9.17) is 14.2 Å². The average Bonchev–Trinajstić information content (AvgIpc) is 2.96. The number of benzene rings is 2. The number of rotatable bonds is 3. The van der Waals surface area contributed by atoms with E-state index in [0.717, 1.165) is 52.5 Å². The lowest BCUT2D eigenvalue weighted by molar-refractivity contribution is 0.0397. The molecule has 29 heavy (non-hydrogen) atoms. The lowest BCUT2D eigenvalue weighted by atomic mass is 9.90. The van der Waals surface area contributed by atoms with E-state index in [1.54, 1.807) is 7.11 Å². The van der Waals surface area contributed by atoms with E-state index in [-0.39, 0.29) is 11.9 Å². The summed E-state index contributed by atoms with van der Waals surface area (Å²) in [5.74, 6) is 1.65. The van der Waals surface area contributed by atoms with Crippen molar-refractivity contribution in [3.05, 3.63) is 52.1 Å². The van der Waals surface area contributed by atoms with Crippen LogP contribution < -0.4 is 14.4 Å². The number of anilines is 1. The molecule has 1 fully saturated rings. The molecule has 0 N–H and O–H groups in total. The Morgan fingerprint density at radius 3 is 2.41 bits per heavy atom. The Balaban J connectivity index is 1.71. The first-order chi connectivity index (χ1) is 13.7. The zero-order chi connectivity index (χ0) is 20.9. The first-order valence-electron chi connectivity index (χ1n) is 10.1. The minimum atomic E-state index is -0.806. The maximum atomic E-state index is 13.0. The van der Waals surface area contributed by atoms with Gasteiger partial charge in [-0.15, -0.1) is 0 Å². The topological polar surface area (TPSA) is 48.0 Å². The molecule has 2 aromatic carbocycles. The van der Waals surface area contributed by atoms with Gasteiger partial charge >= 0.3 is 0 Å². The van der Waals surface area contributed by atoms with Crippen molar-refractivity contribution in [1.82, 2.24) is 0 Å². The standard InChI is InChI=1S/C24H29NO4/c1-14-15(2)22-20(23(26)24(4,5)29-22)16(3)21(14)25-11-12-28-19(13-25)17-7-9-18(27-6)10-8-17/h7-10,19H,11-13H2,1-6H3. The number of ether oxygens (including phenoxy) is 3. The molecule has 0 aliphatic carbocycles. The molecule has 2 aromatic rings. The zero-order valence-corrected chi connectivity index (χ0v) is 18.1. The molecule has 0 saturated carbocycles. The largest absolute Gasteiger partial charge is 0.497 e. The Hall–Kier alpha value is -2.53. The monoisotopic (exact) mass is 395 g/mol. The maximum absolute atomic E-state index is 13.0. The van der Waals surface area contributed by atoms with Crippen LogP contribution >= 0.6 is 0 Å². The quantitative estimate of drug-likeness (QED) is 0.763. The van der Waals surface area contributed by atoms with Crippen LogP contribution in [0.25, 0.3) is 0 Å². The van der Waals surface area contributed by atoms with E-state index in [0.29, 0.717) is 6.61 Å². The third-order valence-corrected chi connectivity index (χ3v) is 6.22. The Morgan fingerprint density at radius 2 is 1.76 bits per heavy atom. The number of ketones is 1. The Bertz CT molecular complexity index is 962. The first-order valence-corrected chi connectivity index (χ1v) is 10.1. The molecule has 0 amide bonds. The summed E-state index contributed by atoms with van der Waals surface area (Å²) < 4.78 is 17.4. The number of morpholine rings is 1. The third-order valence-electron chi connectivity index (χ3n) is 6.22. The van der Waals surface area contributed by atoms with Crippen molar-refractivity contribution in [1.29, 1.82) is 0 Å². The highest BCUT2D eigenvalue weighted by Crippen LogP contribution is 2.46. The molecule has 2 aliphatic heterocycles. The molecular weight excluding hydrogens is 366 g/mol. The highest BCUT2D eigenvalue weighted by atomic mass is 16.5. The molecule has 2 aliphatic rings. The van der Waals surface area contributed by atoms with Crippen LogP contribution in [-0.2, 0) is 4.74 Å². The molecule has 4 rings (SSSR count). The number of carbonyl (C=O) groups is 1. The number of hydrogen-bond acceptors (Lipinski definition) is 5. The Morgan fingerprint density at radius 1 is 1.07 bits per heavy atom. The SMILES string of the molecule is COc1ccc(C2CN(c3c(C)c(C)c4c(c3C)C(=O)C(C)(C)O4)CCO2)cc1. The van der Waals surface area contributed by atoms with Gasteiger partial charge in [-0.3, -0.25) is 4.79 Å². The number of hydrogen-bond donors (Lipinski definition) is 0. The lowest BCUT2D eigenvalue weighted by Gasteiger charge is -2.37. The van der Waals surface area contributed by atoms with Gasteiger partial charge in [0.05, 0.1) is 19.3 Å². The molecule has 1 saturated heterocycles. The Kier molecular flexibility index (Phi) is 4.82. The second-order valence-electron chi connectivity index (χ2n) is 8.45. The van der Waals surface area contributed by atoms with Gasteiger partial charge < -0.3 is 19.1 Å². The van der Waals surface area contributed by atoms with Crippen molar-refractivity contribution < 1.29 is 19.0 Å². The van der Waals surface area contributed by atoms with E-state index in [9.17, 15) is 4.79 Å². The minimum Gasteiger partial charge on any atom is -0.497 e. The van der Waals surface area contributed by atoms with Crippen LogP contribution in [0.3, 0.4) is 0 Å². The van der Waals surface area contributed by atoms with E-state index in [1.807, 2.05) is 39.8 Å². The van der Waals surface area contributed by atoms with E-state index in [1.165, 1.54) is 5.56 Å². The normalized spacial score (nSPS) is 20.4. The first kappa shape index (κ1) is 19.8. The van der Waals surface area contributed by atoms with E-state index < -0.39 is 5.60 Å². The summed E-state index contributed by atoms with van der Waals surface area (Å²) in [6.07, 6.45) is -0.0228. The average molecular weight is 395 g/mol. The molecule has 1 unspecified atom stereocenters. The van der Waals surface area contributed by atoms with Gasteiger partial charge in [-0.2, -0.15) is 0 Å². The summed E-state index contributed by atoms with van der Waals surface area (Å²) in [6, 6.07) is 8.04. The zero-order valence-electron chi connectivity index (χ0n) is 18.1. The van der Waals surface area contributed by atoms with Gasteiger partial charge in [0, 0.05) is 18.8 Å². The molecule has 0 spiro atoms. The van der Waals surface area contributed by atoms with Crippen LogP contribution in [0.5, 0.6) is 11.5 Å². The number of methoxy groups -OCH3 is 1. The highest BCUT2D eigenvalue weighted by molar-refractivity contribution is 6.09. The summed E-state index contributed by atoms with van der Waals surface area (Å²) >= 11 is 0. The summed E-state index contributed by atoms with van der Waals surface area (Å²) in [5.41, 5.74) is 5.42. The van der Waals surface area contributed by atoms with Gasteiger partial charge in [0.15, 0.2) is 5.60 Å². The van der Waals surface area contributed by atoms with Crippen molar-refractivity contribution >= 4 is 11.5 Å². The molecule has 2 heterocycles. The Labute approximate surface area is 172 Å². The fraction of sp³-hybridized carbons (Fsp3) is 0.458. The van der Waals surface area contributed by atoms with Gasteiger partial charge in [-0.05, 0) is 69.0 Å². The molecule has 1 atom stereocenters. The van der Waals surface area contributed by atoms with Crippen LogP contribution in [0, 0.1) is 20.8 Å². The summed E-state index contributed by atoms with van der Waals surface area (Å²) in [4.78, 5) is 15.4. The van der Waals surface area contributed by atoms with Crippen molar-refractivity contribution in [3.8, 4) is 11.5 Å². The van der Waals surface area contributed by atoms with Gasteiger partial charge in [0.25, 0.3) is 0 Å². The summed E-state index contributed by atoms with van der Waals surface area (Å²) in [7, 11) is 1.67. The van der Waals surface area contributed by atoms with Crippen LogP contribution in [0.4, 0.5) is 5.69 Å².